The van der Waals surface area contributed by atoms with Gasteiger partial charge in [0.15, 0.2) is 0 Å². The van der Waals surface area contributed by atoms with Crippen LogP contribution in [0.25, 0.3) is 0 Å². The van der Waals surface area contributed by atoms with Gasteiger partial charge in [-0.2, -0.15) is 0 Å². The Morgan fingerprint density at radius 1 is 0.333 bits per heavy atom. The smallest absolute Gasteiger partial charge is 0.249 e. The van der Waals surface area contributed by atoms with E-state index >= 15 is 0 Å². The number of carbonyl (C=O) groups is 1. The van der Waals surface area contributed by atoms with E-state index < -0.39 is 24.2 Å². The summed E-state index contributed by atoms with van der Waals surface area (Å²) in [5.74, 6) is -0.508. The molecule has 3 atom stereocenters. The molecule has 442 valence electrons. The molecule has 0 saturated heterocycles. The normalized spacial score (nSPS) is 13.4. The molecule has 0 aliphatic carbocycles. The van der Waals surface area contributed by atoms with Crippen molar-refractivity contribution in [2.75, 3.05) is 6.61 Å². The second-order valence-electron chi connectivity index (χ2n) is 23.4. The van der Waals surface area contributed by atoms with Gasteiger partial charge in [-0.25, -0.2) is 0 Å². The molecule has 0 aromatic rings. The number of rotatable bonds is 63. The van der Waals surface area contributed by atoms with Gasteiger partial charge >= 0.3 is 0 Å². The molecule has 0 bridgehead atoms. The van der Waals surface area contributed by atoms with Crippen LogP contribution in [0.2, 0.25) is 0 Å². The van der Waals surface area contributed by atoms with Crippen molar-refractivity contribution >= 4 is 5.91 Å². The van der Waals surface area contributed by atoms with Crippen LogP contribution in [0.4, 0.5) is 0 Å². The van der Waals surface area contributed by atoms with E-state index in [-0.39, 0.29) is 6.61 Å². The lowest BCUT2D eigenvalue weighted by atomic mass is 10.0. The third-order valence-electron chi connectivity index (χ3n) is 15.9. The van der Waals surface area contributed by atoms with Crippen molar-refractivity contribution < 1.29 is 20.1 Å². The zero-order valence-electron chi connectivity index (χ0n) is 50.7. The van der Waals surface area contributed by atoms with Crippen LogP contribution in [0.15, 0.2) is 48.6 Å². The van der Waals surface area contributed by atoms with Crippen molar-refractivity contribution in [2.24, 2.45) is 0 Å². The molecule has 3 unspecified atom stereocenters. The molecule has 1 amide bonds. The topological polar surface area (TPSA) is 89.8 Å². The standard InChI is InChI=1S/C70H133NO4/c1-3-5-7-9-11-13-15-17-19-21-23-25-27-29-30-31-32-33-34-35-36-37-38-39-41-43-45-47-49-51-53-55-57-59-61-63-65-69(74)70(75)71-67(66-72)68(73)64-62-60-58-56-54-52-50-48-46-44-42-40-28-26-24-22-20-18-16-14-12-10-8-6-4-2/h30-31,33-34,54,56,62,64,67-69,72-74H,3-29,32,35-53,55,57-61,63,65-66H2,1-2H3,(H,71,75)/b31-30-,34-33-,56-54+,64-62+. The Balaban J connectivity index is 3.54. The highest BCUT2D eigenvalue weighted by atomic mass is 16.3. The van der Waals surface area contributed by atoms with Crippen molar-refractivity contribution in [2.45, 2.75) is 385 Å². The molecule has 0 aliphatic rings. The fourth-order valence-electron chi connectivity index (χ4n) is 10.6. The summed E-state index contributed by atoms with van der Waals surface area (Å²) >= 11 is 0. The summed E-state index contributed by atoms with van der Waals surface area (Å²) in [6, 6.07) is -0.817. The predicted molar refractivity (Wildman–Crippen MR) is 333 cm³/mol. The number of amides is 1. The molecule has 0 aliphatic heterocycles. The van der Waals surface area contributed by atoms with E-state index in [9.17, 15) is 20.1 Å². The lowest BCUT2D eigenvalue weighted by Gasteiger charge is -2.21. The van der Waals surface area contributed by atoms with E-state index in [1.165, 1.54) is 302 Å². The van der Waals surface area contributed by atoms with Gasteiger partial charge in [-0.15, -0.1) is 0 Å². The van der Waals surface area contributed by atoms with Crippen LogP contribution in [0.3, 0.4) is 0 Å². The first-order chi connectivity index (χ1) is 37.1. The molecule has 0 aromatic heterocycles. The van der Waals surface area contributed by atoms with E-state index in [2.05, 4.69) is 55.6 Å². The number of hydrogen-bond donors (Lipinski definition) is 4. The fraction of sp³-hybridized carbons (Fsp3) is 0.871. The Bertz CT molecular complexity index is 1210. The third kappa shape index (κ3) is 59.8. The molecule has 0 saturated carbocycles. The van der Waals surface area contributed by atoms with Gasteiger partial charge in [0.1, 0.15) is 6.10 Å². The molecular formula is C70H133NO4. The van der Waals surface area contributed by atoms with Crippen LogP contribution in [0.5, 0.6) is 0 Å². The zero-order valence-corrected chi connectivity index (χ0v) is 50.7. The lowest BCUT2D eigenvalue weighted by molar-refractivity contribution is -0.131. The predicted octanol–water partition coefficient (Wildman–Crippen LogP) is 21.9. The highest BCUT2D eigenvalue weighted by Gasteiger charge is 2.22. The molecule has 0 spiro atoms. The van der Waals surface area contributed by atoms with E-state index in [0.29, 0.717) is 6.42 Å². The lowest BCUT2D eigenvalue weighted by Crippen LogP contribution is -2.48. The average molecular weight is 1050 g/mol. The minimum absolute atomic E-state index is 0.375. The van der Waals surface area contributed by atoms with E-state index in [1.807, 2.05) is 6.08 Å². The van der Waals surface area contributed by atoms with Crippen molar-refractivity contribution in [3.63, 3.8) is 0 Å². The number of carbonyl (C=O) groups excluding carboxylic acids is 1. The summed E-state index contributed by atoms with van der Waals surface area (Å²) in [6.45, 7) is 4.22. The summed E-state index contributed by atoms with van der Waals surface area (Å²) in [5.41, 5.74) is 0. The summed E-state index contributed by atoms with van der Waals surface area (Å²) in [5, 5.41) is 33.5. The molecular weight excluding hydrogens is 919 g/mol. The third-order valence-corrected chi connectivity index (χ3v) is 15.9. The van der Waals surface area contributed by atoms with Gasteiger partial charge in [0.25, 0.3) is 0 Å². The van der Waals surface area contributed by atoms with Crippen LogP contribution < -0.4 is 5.32 Å². The molecule has 4 N–H and O–H groups in total. The molecule has 0 heterocycles. The number of nitrogens with one attached hydrogen (secondary N) is 1. The number of hydrogen-bond acceptors (Lipinski definition) is 4. The van der Waals surface area contributed by atoms with E-state index in [4.69, 9.17) is 0 Å². The summed E-state index contributed by atoms with van der Waals surface area (Å²) < 4.78 is 0. The first kappa shape index (κ1) is 73.3. The van der Waals surface area contributed by atoms with Gasteiger partial charge in [-0.1, -0.05) is 351 Å². The second kappa shape index (κ2) is 64.8. The number of unbranched alkanes of at least 4 members (excludes halogenated alkanes) is 49. The highest BCUT2D eigenvalue weighted by molar-refractivity contribution is 5.80. The van der Waals surface area contributed by atoms with Crippen molar-refractivity contribution in [3.05, 3.63) is 48.6 Å². The highest BCUT2D eigenvalue weighted by Crippen LogP contribution is 2.18. The van der Waals surface area contributed by atoms with Gasteiger partial charge in [-0.3, -0.25) is 4.79 Å². The second-order valence-corrected chi connectivity index (χ2v) is 23.4. The summed E-state index contributed by atoms with van der Waals surface area (Å²) in [6.07, 6.45) is 88.2. The maximum absolute atomic E-state index is 12.6. The Hall–Kier alpha value is -1.69. The van der Waals surface area contributed by atoms with Crippen molar-refractivity contribution in [1.29, 1.82) is 0 Å². The molecule has 0 aromatic carbocycles. The van der Waals surface area contributed by atoms with Gasteiger partial charge in [-0.05, 0) is 64.2 Å². The van der Waals surface area contributed by atoms with Crippen molar-refractivity contribution in [3.8, 4) is 0 Å². The Labute approximate surface area is 469 Å². The van der Waals surface area contributed by atoms with E-state index in [1.54, 1.807) is 6.08 Å². The minimum Gasteiger partial charge on any atom is -0.394 e. The largest absolute Gasteiger partial charge is 0.394 e. The monoisotopic (exact) mass is 1050 g/mol. The quantitative estimate of drug-likeness (QED) is 0.0361. The van der Waals surface area contributed by atoms with Crippen LogP contribution in [-0.4, -0.2) is 46.1 Å². The summed E-state index contributed by atoms with van der Waals surface area (Å²) in [4.78, 5) is 12.6. The van der Waals surface area contributed by atoms with Crippen LogP contribution >= 0.6 is 0 Å². The van der Waals surface area contributed by atoms with Crippen LogP contribution in [0, 0.1) is 0 Å². The summed E-state index contributed by atoms with van der Waals surface area (Å²) in [7, 11) is 0. The molecule has 0 fully saturated rings. The minimum atomic E-state index is -1.11. The first-order valence-electron chi connectivity index (χ1n) is 34.0. The average Bonchev–Trinajstić information content (AvgIpc) is 3.41. The Morgan fingerprint density at radius 2 is 0.587 bits per heavy atom. The van der Waals surface area contributed by atoms with Gasteiger partial charge < -0.3 is 20.6 Å². The number of aliphatic hydroxyl groups excluding tert-OH is 3. The number of aliphatic hydroxyl groups is 3. The van der Waals surface area contributed by atoms with Gasteiger partial charge in [0, 0.05) is 0 Å². The van der Waals surface area contributed by atoms with Crippen LogP contribution in [-0.2, 0) is 4.79 Å². The van der Waals surface area contributed by atoms with Crippen LogP contribution in [0.1, 0.15) is 367 Å². The zero-order chi connectivity index (χ0) is 54.3. The fourth-order valence-corrected chi connectivity index (χ4v) is 10.6. The number of allylic oxidation sites excluding steroid dienone is 7. The van der Waals surface area contributed by atoms with Gasteiger partial charge in [0.05, 0.1) is 18.8 Å². The SMILES string of the molecule is CCCCCCCCCCCCCCC/C=C\C/C=C\CCCCCCCCCCCCCCCCCCC(O)C(=O)NC(CO)C(O)/C=C/CC/C=C/CCCCCCCCCCCCCCCCCCCCC. The molecule has 5 heteroatoms. The molecule has 0 radical (unpaired) electrons. The Morgan fingerprint density at radius 3 is 0.893 bits per heavy atom. The Kier molecular flexibility index (Phi) is 63.4. The maximum Gasteiger partial charge on any atom is 0.249 e. The molecule has 0 rings (SSSR count). The molecule has 75 heavy (non-hydrogen) atoms. The van der Waals surface area contributed by atoms with E-state index in [0.717, 1.165) is 44.9 Å². The maximum atomic E-state index is 12.6. The molecule has 5 nitrogen and oxygen atoms in total. The van der Waals surface area contributed by atoms with Gasteiger partial charge in [0.2, 0.25) is 5.91 Å². The first-order valence-corrected chi connectivity index (χ1v) is 34.0. The van der Waals surface area contributed by atoms with Crippen molar-refractivity contribution in [1.82, 2.24) is 5.32 Å².